The fourth-order valence-electron chi connectivity index (χ4n) is 2.58. The molecule has 2 aromatic rings. The Morgan fingerprint density at radius 2 is 1.95 bits per heavy atom. The molecule has 0 amide bonds. The Morgan fingerprint density at radius 1 is 1.24 bits per heavy atom. The van der Waals surface area contributed by atoms with Crippen LogP contribution in [0, 0.1) is 0 Å². The number of imidazole rings is 1. The van der Waals surface area contributed by atoms with E-state index in [-0.39, 0.29) is 6.04 Å². The summed E-state index contributed by atoms with van der Waals surface area (Å²) in [4.78, 5) is 6.85. The molecule has 0 saturated heterocycles. The number of aromatic nitrogens is 2. The van der Waals surface area contributed by atoms with Gasteiger partial charge in [0, 0.05) is 31.7 Å². The van der Waals surface area contributed by atoms with Crippen molar-refractivity contribution in [1.82, 2.24) is 14.5 Å². The van der Waals surface area contributed by atoms with Gasteiger partial charge >= 0.3 is 0 Å². The molecule has 4 heteroatoms. The van der Waals surface area contributed by atoms with Crippen molar-refractivity contribution in [3.63, 3.8) is 0 Å². The third-order valence-corrected chi connectivity index (χ3v) is 3.92. The first-order chi connectivity index (χ1) is 10.2. The molecule has 0 aliphatic carbocycles. The third kappa shape index (κ3) is 3.85. The van der Waals surface area contributed by atoms with E-state index in [1.54, 1.807) is 0 Å². The predicted molar refractivity (Wildman–Crippen MR) is 88.3 cm³/mol. The second-order valence-corrected chi connectivity index (χ2v) is 5.38. The van der Waals surface area contributed by atoms with Crippen LogP contribution in [0.25, 0.3) is 0 Å². The molecule has 2 rings (SSSR count). The maximum atomic E-state index is 4.42. The first-order valence-corrected chi connectivity index (χ1v) is 7.69. The van der Waals surface area contributed by atoms with Gasteiger partial charge in [0.05, 0.1) is 6.04 Å². The van der Waals surface area contributed by atoms with Crippen LogP contribution in [0.1, 0.15) is 38.2 Å². The lowest BCUT2D eigenvalue weighted by Gasteiger charge is -2.22. The number of aryl methyl sites for hydroxylation is 1. The molecule has 114 valence electrons. The minimum atomic E-state index is 0.183. The van der Waals surface area contributed by atoms with Crippen LogP contribution in [0.3, 0.4) is 0 Å². The molecular formula is C17H26N4. The maximum absolute atomic E-state index is 4.42. The Bertz CT molecular complexity index is 557. The molecule has 0 aliphatic rings. The van der Waals surface area contributed by atoms with Crippen molar-refractivity contribution in [2.45, 2.75) is 33.4 Å². The van der Waals surface area contributed by atoms with E-state index in [9.17, 15) is 0 Å². The topological polar surface area (TPSA) is 33.1 Å². The van der Waals surface area contributed by atoms with E-state index < -0.39 is 0 Å². The molecule has 1 atom stereocenters. The summed E-state index contributed by atoms with van der Waals surface area (Å²) in [7, 11) is 2.03. The van der Waals surface area contributed by atoms with Crippen molar-refractivity contribution >= 4 is 5.69 Å². The minimum absolute atomic E-state index is 0.183. The standard InChI is InChI=1S/C17H26N4/c1-5-21(6-2)13-15-9-7-8-10-16(15)19-14(3)17-18-11-12-20(17)4/h7-12,14,19H,5-6,13H2,1-4H3. The highest BCUT2D eigenvalue weighted by atomic mass is 15.1. The monoisotopic (exact) mass is 286 g/mol. The number of para-hydroxylation sites is 1. The molecule has 4 nitrogen and oxygen atoms in total. The SMILES string of the molecule is CCN(CC)Cc1ccccc1NC(C)c1nccn1C. The average Bonchev–Trinajstić information content (AvgIpc) is 2.92. The van der Waals surface area contributed by atoms with E-state index in [2.05, 4.69) is 64.8 Å². The molecule has 21 heavy (non-hydrogen) atoms. The van der Waals surface area contributed by atoms with Crippen molar-refractivity contribution in [2.24, 2.45) is 7.05 Å². The fraction of sp³-hybridized carbons (Fsp3) is 0.471. The van der Waals surface area contributed by atoms with Crippen LogP contribution in [0.4, 0.5) is 5.69 Å². The fourth-order valence-corrected chi connectivity index (χ4v) is 2.58. The summed E-state index contributed by atoms with van der Waals surface area (Å²) in [6, 6.07) is 8.72. The van der Waals surface area contributed by atoms with E-state index in [0.29, 0.717) is 0 Å². The van der Waals surface area contributed by atoms with Crippen LogP contribution in [-0.4, -0.2) is 27.5 Å². The van der Waals surface area contributed by atoms with Gasteiger partial charge in [0.2, 0.25) is 0 Å². The quantitative estimate of drug-likeness (QED) is 0.846. The first-order valence-electron chi connectivity index (χ1n) is 7.69. The van der Waals surface area contributed by atoms with Crippen molar-refractivity contribution in [3.8, 4) is 0 Å². The number of hydrogen-bond acceptors (Lipinski definition) is 3. The Balaban J connectivity index is 2.14. The highest BCUT2D eigenvalue weighted by Gasteiger charge is 2.12. The smallest absolute Gasteiger partial charge is 0.130 e. The van der Waals surface area contributed by atoms with Gasteiger partial charge in [0.15, 0.2) is 0 Å². The molecule has 0 fully saturated rings. The molecule has 0 saturated carbocycles. The van der Waals surface area contributed by atoms with E-state index in [1.807, 2.05) is 19.4 Å². The molecule has 0 radical (unpaired) electrons. The molecule has 1 unspecified atom stereocenters. The number of nitrogens with one attached hydrogen (secondary N) is 1. The van der Waals surface area contributed by atoms with Gasteiger partial charge in [-0.1, -0.05) is 32.0 Å². The van der Waals surface area contributed by atoms with Gasteiger partial charge in [0.25, 0.3) is 0 Å². The summed E-state index contributed by atoms with van der Waals surface area (Å²) < 4.78 is 2.06. The van der Waals surface area contributed by atoms with Gasteiger partial charge < -0.3 is 9.88 Å². The van der Waals surface area contributed by atoms with Crippen molar-refractivity contribution in [3.05, 3.63) is 48.0 Å². The molecule has 1 heterocycles. The third-order valence-electron chi connectivity index (χ3n) is 3.92. The zero-order valence-electron chi connectivity index (χ0n) is 13.5. The summed E-state index contributed by atoms with van der Waals surface area (Å²) in [5.41, 5.74) is 2.53. The Kier molecular flexibility index (Phi) is 5.39. The average molecular weight is 286 g/mol. The molecule has 1 N–H and O–H groups in total. The van der Waals surface area contributed by atoms with E-state index in [4.69, 9.17) is 0 Å². The zero-order valence-corrected chi connectivity index (χ0v) is 13.5. The summed E-state index contributed by atoms with van der Waals surface area (Å²) >= 11 is 0. The Morgan fingerprint density at radius 3 is 2.57 bits per heavy atom. The van der Waals surface area contributed by atoms with Crippen LogP contribution in [0.5, 0.6) is 0 Å². The minimum Gasteiger partial charge on any atom is -0.375 e. The summed E-state index contributed by atoms with van der Waals surface area (Å²) in [6.45, 7) is 9.67. The van der Waals surface area contributed by atoms with E-state index in [1.165, 1.54) is 11.3 Å². The molecular weight excluding hydrogens is 260 g/mol. The maximum Gasteiger partial charge on any atom is 0.130 e. The lowest BCUT2D eigenvalue weighted by molar-refractivity contribution is 0.296. The van der Waals surface area contributed by atoms with Gasteiger partial charge in [-0.2, -0.15) is 0 Å². The van der Waals surface area contributed by atoms with Crippen LogP contribution < -0.4 is 5.32 Å². The van der Waals surface area contributed by atoms with Crippen molar-refractivity contribution in [1.29, 1.82) is 0 Å². The number of nitrogens with zero attached hydrogens (tertiary/aromatic N) is 3. The van der Waals surface area contributed by atoms with E-state index in [0.717, 1.165) is 25.5 Å². The summed E-state index contributed by atoms with van der Waals surface area (Å²) in [6.07, 6.45) is 3.82. The van der Waals surface area contributed by atoms with Crippen molar-refractivity contribution < 1.29 is 0 Å². The number of benzene rings is 1. The lowest BCUT2D eigenvalue weighted by atomic mass is 10.1. The van der Waals surface area contributed by atoms with Crippen LogP contribution in [-0.2, 0) is 13.6 Å². The normalized spacial score (nSPS) is 12.6. The lowest BCUT2D eigenvalue weighted by Crippen LogP contribution is -2.23. The largest absolute Gasteiger partial charge is 0.375 e. The highest BCUT2D eigenvalue weighted by molar-refractivity contribution is 5.52. The molecule has 0 aliphatic heterocycles. The van der Waals surface area contributed by atoms with Gasteiger partial charge in [-0.25, -0.2) is 4.98 Å². The first kappa shape index (κ1) is 15.6. The number of anilines is 1. The van der Waals surface area contributed by atoms with Crippen LogP contribution in [0.15, 0.2) is 36.7 Å². The van der Waals surface area contributed by atoms with Gasteiger partial charge in [-0.05, 0) is 31.6 Å². The number of hydrogen-bond donors (Lipinski definition) is 1. The zero-order chi connectivity index (χ0) is 15.2. The Labute approximate surface area is 127 Å². The van der Waals surface area contributed by atoms with Gasteiger partial charge in [0.1, 0.15) is 5.82 Å². The van der Waals surface area contributed by atoms with E-state index >= 15 is 0 Å². The van der Waals surface area contributed by atoms with Crippen LogP contribution in [0.2, 0.25) is 0 Å². The summed E-state index contributed by atoms with van der Waals surface area (Å²) in [5, 5.41) is 3.60. The van der Waals surface area contributed by atoms with Gasteiger partial charge in [-0.15, -0.1) is 0 Å². The summed E-state index contributed by atoms with van der Waals surface area (Å²) in [5.74, 6) is 1.05. The second kappa shape index (κ2) is 7.27. The Hall–Kier alpha value is -1.81. The molecule has 1 aromatic carbocycles. The molecule has 0 bridgehead atoms. The highest BCUT2D eigenvalue weighted by Crippen LogP contribution is 2.22. The predicted octanol–water partition coefficient (Wildman–Crippen LogP) is 3.44. The van der Waals surface area contributed by atoms with Crippen LogP contribution >= 0.6 is 0 Å². The number of rotatable bonds is 7. The molecule has 0 spiro atoms. The van der Waals surface area contributed by atoms with Gasteiger partial charge in [-0.3, -0.25) is 4.90 Å². The molecule has 1 aromatic heterocycles. The second-order valence-electron chi connectivity index (χ2n) is 5.38. The van der Waals surface area contributed by atoms with Crippen molar-refractivity contribution in [2.75, 3.05) is 18.4 Å².